The number of hydrogen-bond acceptors (Lipinski definition) is 7. The first-order valence-corrected chi connectivity index (χ1v) is 13.9. The molecule has 0 N–H and O–H groups in total. The third kappa shape index (κ3) is 4.75. The van der Waals surface area contributed by atoms with Crippen LogP contribution in [0.1, 0.15) is 43.9 Å². The van der Waals surface area contributed by atoms with Gasteiger partial charge in [-0.25, -0.2) is 9.79 Å². The number of nitrogens with zero attached hydrogens (tertiary/aromatic N) is 3. The second kappa shape index (κ2) is 11.3. The fraction of sp³-hybridized carbons (Fsp3) is 0.310. The fourth-order valence-electron chi connectivity index (χ4n) is 4.96. The van der Waals surface area contributed by atoms with Gasteiger partial charge in [0, 0.05) is 24.2 Å². The summed E-state index contributed by atoms with van der Waals surface area (Å²) in [5.41, 5.74) is 2.65. The summed E-state index contributed by atoms with van der Waals surface area (Å²) in [5, 5.41) is 0.394. The largest absolute Gasteiger partial charge is 0.460 e. The van der Waals surface area contributed by atoms with Crippen LogP contribution in [-0.4, -0.2) is 43.3 Å². The Hall–Kier alpha value is -3.53. The van der Waals surface area contributed by atoms with Gasteiger partial charge in [0.2, 0.25) is 0 Å². The lowest BCUT2D eigenvalue weighted by Crippen LogP contribution is -2.41. The molecule has 8 nitrogen and oxygen atoms in total. The van der Waals surface area contributed by atoms with Crippen LogP contribution in [0.25, 0.3) is 5.57 Å². The van der Waals surface area contributed by atoms with Crippen LogP contribution in [-0.2, 0) is 19.1 Å². The van der Waals surface area contributed by atoms with Crippen LogP contribution in [0.5, 0.6) is 0 Å². The van der Waals surface area contributed by atoms with Gasteiger partial charge in [0.15, 0.2) is 4.80 Å². The van der Waals surface area contributed by atoms with Crippen LogP contribution in [0.2, 0.25) is 5.02 Å². The Morgan fingerprint density at radius 3 is 2.59 bits per heavy atom. The zero-order valence-corrected chi connectivity index (χ0v) is 23.5. The van der Waals surface area contributed by atoms with Crippen molar-refractivity contribution in [3.8, 4) is 0 Å². The van der Waals surface area contributed by atoms with Crippen molar-refractivity contribution >= 4 is 46.1 Å². The Morgan fingerprint density at radius 1 is 1.10 bits per heavy atom. The highest BCUT2D eigenvalue weighted by Gasteiger charge is 2.37. The van der Waals surface area contributed by atoms with Crippen molar-refractivity contribution in [2.24, 2.45) is 4.99 Å². The Bertz CT molecular complexity index is 1670. The Kier molecular flexibility index (Phi) is 7.83. The lowest BCUT2D eigenvalue weighted by Gasteiger charge is -2.25. The van der Waals surface area contributed by atoms with E-state index in [9.17, 15) is 14.4 Å². The first kappa shape index (κ1) is 27.1. The van der Waals surface area contributed by atoms with E-state index in [1.807, 2.05) is 24.3 Å². The predicted molar refractivity (Wildman–Crippen MR) is 151 cm³/mol. The number of allylic oxidation sites excluding steroid dienone is 1. The zero-order valence-electron chi connectivity index (χ0n) is 21.9. The van der Waals surface area contributed by atoms with Crippen LogP contribution in [0.15, 0.2) is 69.6 Å². The maximum atomic E-state index is 14.2. The number of unbranched alkanes of at least 4 members (excludes halogenated alkanes) is 1. The Labute approximate surface area is 234 Å². The van der Waals surface area contributed by atoms with Gasteiger partial charge in [-0.3, -0.25) is 14.2 Å². The molecule has 0 bridgehead atoms. The zero-order chi connectivity index (χ0) is 27.7. The van der Waals surface area contributed by atoms with Gasteiger partial charge in [-0.05, 0) is 31.0 Å². The van der Waals surface area contributed by atoms with E-state index < -0.39 is 17.6 Å². The molecule has 1 aromatic heterocycles. The number of carbonyl (C=O) groups is 2. The van der Waals surface area contributed by atoms with Gasteiger partial charge in [-0.2, -0.15) is 0 Å². The molecule has 2 aromatic carbocycles. The van der Waals surface area contributed by atoms with Gasteiger partial charge in [0.05, 0.1) is 29.1 Å². The number of benzene rings is 2. The van der Waals surface area contributed by atoms with Crippen LogP contribution >= 0.6 is 22.9 Å². The molecule has 1 atom stereocenters. The topological polar surface area (TPSA) is 90.2 Å². The number of ether oxygens (including phenoxy) is 2. The van der Waals surface area contributed by atoms with E-state index in [1.54, 1.807) is 36.1 Å². The van der Waals surface area contributed by atoms with Crippen molar-refractivity contribution in [1.29, 1.82) is 0 Å². The van der Waals surface area contributed by atoms with E-state index >= 15 is 0 Å². The molecule has 0 spiro atoms. The van der Waals surface area contributed by atoms with Crippen molar-refractivity contribution in [1.82, 2.24) is 4.57 Å². The van der Waals surface area contributed by atoms with Crippen molar-refractivity contribution in [3.05, 3.63) is 95.6 Å². The van der Waals surface area contributed by atoms with Gasteiger partial charge in [0.1, 0.15) is 17.2 Å². The maximum absolute atomic E-state index is 14.2. The summed E-state index contributed by atoms with van der Waals surface area (Å²) >= 11 is 7.75. The molecule has 202 valence electrons. The second-order valence-corrected chi connectivity index (χ2v) is 10.6. The molecular weight excluding hydrogens is 538 g/mol. The van der Waals surface area contributed by atoms with Crippen molar-refractivity contribution < 1.29 is 19.1 Å². The van der Waals surface area contributed by atoms with Gasteiger partial charge in [0.25, 0.3) is 11.5 Å². The summed E-state index contributed by atoms with van der Waals surface area (Å²) in [6.45, 7) is 4.62. The molecule has 3 heterocycles. The van der Waals surface area contributed by atoms with Crippen molar-refractivity contribution in [3.63, 3.8) is 0 Å². The minimum absolute atomic E-state index is 0.0504. The minimum Gasteiger partial charge on any atom is -0.460 e. The van der Waals surface area contributed by atoms with E-state index in [-0.39, 0.29) is 29.2 Å². The molecule has 1 unspecified atom stereocenters. The molecule has 2 aliphatic rings. The number of hydrogen-bond donors (Lipinski definition) is 0. The number of halogens is 1. The number of aromatic nitrogens is 1. The lowest BCUT2D eigenvalue weighted by atomic mass is 9.96. The fourth-order valence-corrected chi connectivity index (χ4v) is 6.33. The number of fused-ring (bicyclic) bond motifs is 2. The van der Waals surface area contributed by atoms with E-state index in [2.05, 4.69) is 11.9 Å². The highest BCUT2D eigenvalue weighted by molar-refractivity contribution is 7.07. The first-order valence-electron chi connectivity index (χ1n) is 12.8. The number of para-hydroxylation sites is 1. The smallest absolute Gasteiger partial charge is 0.338 e. The van der Waals surface area contributed by atoms with Crippen molar-refractivity contribution in [2.45, 2.75) is 32.7 Å². The number of amides is 1. The molecule has 5 rings (SSSR count). The van der Waals surface area contributed by atoms with Gasteiger partial charge in [-0.1, -0.05) is 72.7 Å². The monoisotopic (exact) mass is 565 g/mol. The summed E-state index contributed by atoms with van der Waals surface area (Å²) in [6.07, 6.45) is 1.78. The van der Waals surface area contributed by atoms with Crippen molar-refractivity contribution in [2.75, 3.05) is 31.8 Å². The molecule has 39 heavy (non-hydrogen) atoms. The van der Waals surface area contributed by atoms with Crippen LogP contribution in [0.3, 0.4) is 0 Å². The van der Waals surface area contributed by atoms with Crippen LogP contribution in [0, 0.1) is 0 Å². The first-order chi connectivity index (χ1) is 18.9. The SMILES string of the molecule is CCCCN1C(=O)C(=c2sc3n(c2=O)C(c2ccccc2Cl)C(C(=O)OCCOC)=C(C)N=3)c2ccccc21. The lowest BCUT2D eigenvalue weighted by molar-refractivity contribution is -0.140. The standard InChI is InChI=1S/C29H28ClN3O5S/c1-4-5-14-32-21-13-9-7-11-19(21)23(26(32)34)25-27(35)33-24(18-10-6-8-12-20(18)30)22(17(2)31-29(33)39-25)28(36)38-16-15-37-3/h6-13,24H,4-5,14-16H2,1-3H3. The number of carbonyl (C=O) groups excluding carboxylic acids is 2. The predicted octanol–water partition coefficient (Wildman–Crippen LogP) is 3.60. The van der Waals surface area contributed by atoms with E-state index in [0.717, 1.165) is 29.9 Å². The van der Waals surface area contributed by atoms with Crippen LogP contribution < -0.4 is 19.8 Å². The normalized spacial score (nSPS) is 17.7. The summed E-state index contributed by atoms with van der Waals surface area (Å²) < 4.78 is 12.2. The minimum atomic E-state index is -0.873. The molecule has 2 aliphatic heterocycles. The molecule has 0 radical (unpaired) electrons. The molecule has 3 aromatic rings. The summed E-state index contributed by atoms with van der Waals surface area (Å²) in [4.78, 5) is 48.0. The number of methoxy groups -OCH3 is 1. The van der Waals surface area contributed by atoms with Crippen LogP contribution in [0.4, 0.5) is 5.69 Å². The number of rotatable bonds is 8. The molecule has 0 saturated heterocycles. The number of thiazole rings is 1. The molecule has 0 aliphatic carbocycles. The molecular formula is C29H28ClN3O5S. The van der Waals surface area contributed by atoms with Gasteiger partial charge >= 0.3 is 5.97 Å². The quantitative estimate of drug-likeness (QED) is 0.307. The average Bonchev–Trinajstić information content (AvgIpc) is 3.39. The molecule has 0 fully saturated rings. The molecule has 0 saturated carbocycles. The molecule has 10 heteroatoms. The highest BCUT2D eigenvalue weighted by Crippen LogP contribution is 2.37. The molecule has 1 amide bonds. The third-order valence-corrected chi connectivity index (χ3v) is 8.22. The maximum Gasteiger partial charge on any atom is 0.338 e. The summed E-state index contributed by atoms with van der Waals surface area (Å²) in [7, 11) is 1.52. The highest BCUT2D eigenvalue weighted by atomic mass is 35.5. The Balaban J connectivity index is 1.75. The Morgan fingerprint density at radius 2 is 1.85 bits per heavy atom. The third-order valence-electron chi connectivity index (χ3n) is 6.82. The number of esters is 1. The summed E-state index contributed by atoms with van der Waals surface area (Å²) in [6, 6.07) is 13.7. The average molecular weight is 566 g/mol. The van der Waals surface area contributed by atoms with E-state index in [0.29, 0.717) is 38.8 Å². The van der Waals surface area contributed by atoms with Gasteiger partial charge in [-0.15, -0.1) is 0 Å². The van der Waals surface area contributed by atoms with Gasteiger partial charge < -0.3 is 14.4 Å². The summed E-state index contributed by atoms with van der Waals surface area (Å²) in [5.74, 6) is -0.816. The second-order valence-electron chi connectivity index (χ2n) is 9.26. The van der Waals surface area contributed by atoms with E-state index in [1.165, 1.54) is 11.7 Å². The van der Waals surface area contributed by atoms with E-state index in [4.69, 9.17) is 21.1 Å². The number of anilines is 1.